The number of aryl methyl sites for hydroxylation is 2. The van der Waals surface area contributed by atoms with E-state index in [2.05, 4.69) is 46.0 Å². The number of aliphatic imine (C=N–C) groups is 1. The van der Waals surface area contributed by atoms with Crippen molar-refractivity contribution in [3.05, 3.63) is 47.8 Å². The normalized spacial score (nSPS) is 14.3. The van der Waals surface area contributed by atoms with E-state index in [1.165, 1.54) is 5.56 Å². The largest absolute Gasteiger partial charge is 0.357 e. The van der Waals surface area contributed by atoms with Crippen molar-refractivity contribution in [2.24, 2.45) is 4.99 Å². The van der Waals surface area contributed by atoms with Crippen molar-refractivity contribution in [3.8, 4) is 5.69 Å². The predicted octanol–water partition coefficient (Wildman–Crippen LogP) is 2.29. The molecule has 0 atom stereocenters. The zero-order valence-corrected chi connectivity index (χ0v) is 17.5. The number of nitrogens with one attached hydrogen (secondary N) is 2. The van der Waals surface area contributed by atoms with E-state index in [4.69, 9.17) is 0 Å². The Balaban J connectivity index is 1.47. The third kappa shape index (κ3) is 6.07. The Labute approximate surface area is 173 Å². The lowest BCUT2D eigenvalue weighted by Crippen LogP contribution is -2.39. The van der Waals surface area contributed by atoms with Crippen LogP contribution in [-0.4, -0.2) is 59.3 Å². The van der Waals surface area contributed by atoms with Crippen LogP contribution in [-0.2, 0) is 11.2 Å². The first-order valence-electron chi connectivity index (χ1n) is 10.6. The number of hydrogen-bond donors (Lipinski definition) is 2. The molecule has 0 spiro atoms. The van der Waals surface area contributed by atoms with Gasteiger partial charge in [0.2, 0.25) is 5.91 Å². The van der Waals surface area contributed by atoms with Gasteiger partial charge in [0, 0.05) is 32.4 Å². The van der Waals surface area contributed by atoms with Crippen LogP contribution in [0.3, 0.4) is 0 Å². The van der Waals surface area contributed by atoms with Gasteiger partial charge in [-0.25, -0.2) is 9.67 Å². The van der Waals surface area contributed by atoms with Crippen LogP contribution in [0.2, 0.25) is 0 Å². The first kappa shape index (κ1) is 20.9. The lowest BCUT2D eigenvalue weighted by molar-refractivity contribution is -0.128. The molecule has 156 valence electrons. The van der Waals surface area contributed by atoms with E-state index >= 15 is 0 Å². The van der Waals surface area contributed by atoms with Gasteiger partial charge in [-0.15, -0.1) is 0 Å². The minimum atomic E-state index is 0.114. The van der Waals surface area contributed by atoms with Gasteiger partial charge in [-0.05, 0) is 57.2 Å². The highest BCUT2D eigenvalue weighted by Gasteiger charge is 2.17. The molecule has 29 heavy (non-hydrogen) atoms. The highest BCUT2D eigenvalue weighted by Crippen LogP contribution is 2.13. The summed E-state index contributed by atoms with van der Waals surface area (Å²) in [5, 5.41) is 11.2. The van der Waals surface area contributed by atoms with Crippen LogP contribution >= 0.6 is 0 Å². The lowest BCUT2D eigenvalue weighted by Gasteiger charge is -2.15. The van der Waals surface area contributed by atoms with Crippen LogP contribution in [0.15, 0.2) is 41.5 Å². The SMILES string of the molecule is CCNC(=NCC(=O)N1CCCC1)NCCCc1cn(-c2ccccc2)nc1C. The van der Waals surface area contributed by atoms with Gasteiger partial charge in [-0.1, -0.05) is 18.2 Å². The number of hydrogen-bond acceptors (Lipinski definition) is 3. The van der Waals surface area contributed by atoms with Crippen LogP contribution in [0, 0.1) is 6.92 Å². The number of aromatic nitrogens is 2. The quantitative estimate of drug-likeness (QED) is 0.408. The van der Waals surface area contributed by atoms with Crippen LogP contribution in [0.5, 0.6) is 0 Å². The molecule has 7 nitrogen and oxygen atoms in total. The van der Waals surface area contributed by atoms with Gasteiger partial charge in [0.05, 0.1) is 11.4 Å². The molecule has 2 aromatic rings. The molecular weight excluding hydrogens is 364 g/mol. The molecule has 3 rings (SSSR count). The molecule has 1 fully saturated rings. The number of amides is 1. The minimum Gasteiger partial charge on any atom is -0.357 e. The monoisotopic (exact) mass is 396 g/mol. The summed E-state index contributed by atoms with van der Waals surface area (Å²) in [6.45, 7) is 7.59. The van der Waals surface area contributed by atoms with Crippen molar-refractivity contribution in [3.63, 3.8) is 0 Å². The van der Waals surface area contributed by atoms with Crippen molar-refractivity contribution in [1.82, 2.24) is 25.3 Å². The molecule has 2 heterocycles. The van der Waals surface area contributed by atoms with Gasteiger partial charge in [0.25, 0.3) is 0 Å². The first-order valence-corrected chi connectivity index (χ1v) is 10.6. The van der Waals surface area contributed by atoms with Crippen molar-refractivity contribution < 1.29 is 4.79 Å². The number of nitrogens with zero attached hydrogens (tertiary/aromatic N) is 4. The molecule has 1 aromatic heterocycles. The molecule has 0 radical (unpaired) electrons. The van der Waals surface area contributed by atoms with Crippen molar-refractivity contribution >= 4 is 11.9 Å². The summed E-state index contributed by atoms with van der Waals surface area (Å²) in [5.74, 6) is 0.820. The highest BCUT2D eigenvalue weighted by molar-refractivity contribution is 5.85. The zero-order chi connectivity index (χ0) is 20.5. The smallest absolute Gasteiger partial charge is 0.244 e. The Morgan fingerprint density at radius 2 is 1.93 bits per heavy atom. The van der Waals surface area contributed by atoms with E-state index < -0.39 is 0 Å². The summed E-state index contributed by atoms with van der Waals surface area (Å²) in [7, 11) is 0. The number of para-hydroxylation sites is 1. The second-order valence-electron chi connectivity index (χ2n) is 7.33. The van der Waals surface area contributed by atoms with E-state index in [0.717, 1.165) is 63.2 Å². The van der Waals surface area contributed by atoms with Crippen molar-refractivity contribution in [2.45, 2.75) is 39.5 Å². The van der Waals surface area contributed by atoms with Crippen LogP contribution in [0.1, 0.15) is 37.4 Å². The average Bonchev–Trinajstić information content (AvgIpc) is 3.40. The number of rotatable bonds is 8. The summed E-state index contributed by atoms with van der Waals surface area (Å²) in [6.07, 6.45) is 6.23. The summed E-state index contributed by atoms with van der Waals surface area (Å²) < 4.78 is 1.94. The molecule has 2 N–H and O–H groups in total. The molecule has 7 heteroatoms. The van der Waals surface area contributed by atoms with Gasteiger partial charge in [-0.3, -0.25) is 4.79 Å². The van der Waals surface area contributed by atoms with E-state index in [1.54, 1.807) is 0 Å². The van der Waals surface area contributed by atoms with Crippen LogP contribution < -0.4 is 10.6 Å². The van der Waals surface area contributed by atoms with E-state index in [0.29, 0.717) is 5.96 Å². The number of likely N-dealkylation sites (tertiary alicyclic amines) is 1. The molecule has 0 saturated carbocycles. The van der Waals surface area contributed by atoms with E-state index in [9.17, 15) is 4.79 Å². The van der Waals surface area contributed by atoms with Crippen LogP contribution in [0.25, 0.3) is 5.69 Å². The fourth-order valence-corrected chi connectivity index (χ4v) is 3.49. The van der Waals surface area contributed by atoms with Gasteiger partial charge in [0.1, 0.15) is 6.54 Å². The molecule has 1 saturated heterocycles. The van der Waals surface area contributed by atoms with Gasteiger partial charge < -0.3 is 15.5 Å². The molecule has 0 aliphatic carbocycles. The maximum atomic E-state index is 12.2. The van der Waals surface area contributed by atoms with Crippen molar-refractivity contribution in [2.75, 3.05) is 32.7 Å². The third-order valence-electron chi connectivity index (χ3n) is 5.11. The zero-order valence-electron chi connectivity index (χ0n) is 17.5. The Bertz CT molecular complexity index is 808. The fourth-order valence-electron chi connectivity index (χ4n) is 3.49. The maximum absolute atomic E-state index is 12.2. The summed E-state index contributed by atoms with van der Waals surface area (Å²) in [5.41, 5.74) is 3.39. The minimum absolute atomic E-state index is 0.114. The summed E-state index contributed by atoms with van der Waals surface area (Å²) in [6, 6.07) is 10.2. The van der Waals surface area contributed by atoms with Crippen molar-refractivity contribution in [1.29, 1.82) is 0 Å². The van der Waals surface area contributed by atoms with Gasteiger partial charge in [-0.2, -0.15) is 5.10 Å². The topological polar surface area (TPSA) is 74.6 Å². The molecule has 1 aliphatic heterocycles. The second kappa shape index (κ2) is 10.6. The van der Waals surface area contributed by atoms with Gasteiger partial charge >= 0.3 is 0 Å². The molecular formula is C22H32N6O. The molecule has 0 bridgehead atoms. The Morgan fingerprint density at radius 1 is 1.17 bits per heavy atom. The maximum Gasteiger partial charge on any atom is 0.244 e. The molecule has 1 amide bonds. The first-order chi connectivity index (χ1) is 14.2. The fraction of sp³-hybridized carbons (Fsp3) is 0.500. The predicted molar refractivity (Wildman–Crippen MR) is 116 cm³/mol. The van der Waals surface area contributed by atoms with Crippen LogP contribution in [0.4, 0.5) is 0 Å². The molecule has 1 aliphatic rings. The lowest BCUT2D eigenvalue weighted by atomic mass is 10.1. The van der Waals surface area contributed by atoms with E-state index in [1.807, 2.05) is 34.7 Å². The number of carbonyl (C=O) groups is 1. The van der Waals surface area contributed by atoms with E-state index in [-0.39, 0.29) is 12.5 Å². The third-order valence-corrected chi connectivity index (χ3v) is 5.11. The molecule has 0 unspecified atom stereocenters. The number of benzene rings is 1. The number of carbonyl (C=O) groups excluding carboxylic acids is 1. The summed E-state index contributed by atoms with van der Waals surface area (Å²) >= 11 is 0. The number of guanidine groups is 1. The highest BCUT2D eigenvalue weighted by atomic mass is 16.2. The summed E-state index contributed by atoms with van der Waals surface area (Å²) in [4.78, 5) is 18.5. The second-order valence-corrected chi connectivity index (χ2v) is 7.33. The molecule has 1 aromatic carbocycles. The average molecular weight is 397 g/mol. The Hall–Kier alpha value is -2.83. The van der Waals surface area contributed by atoms with Gasteiger partial charge in [0.15, 0.2) is 5.96 Å². The Morgan fingerprint density at radius 3 is 2.66 bits per heavy atom. The standard InChI is InChI=1S/C22H32N6O/c1-3-23-22(25-16-21(29)27-14-7-8-15-27)24-13-9-10-19-17-28(26-18(19)2)20-11-5-4-6-12-20/h4-6,11-12,17H,3,7-10,13-16H2,1-2H3,(H2,23,24,25). The Kier molecular flexibility index (Phi) is 7.67.